The number of hydrogen-bond acceptors (Lipinski definition) is 2. The molecule has 0 amide bonds. The SMILES string of the molecule is NC(=S)c1cc(Br)ccc1-n1cc(I)cn1. The van der Waals surface area contributed by atoms with Crippen molar-refractivity contribution in [2.24, 2.45) is 5.73 Å². The second kappa shape index (κ2) is 4.80. The van der Waals surface area contributed by atoms with Crippen LogP contribution in [0.3, 0.4) is 0 Å². The molecule has 1 aromatic carbocycles. The quantitative estimate of drug-likeness (QED) is 0.614. The van der Waals surface area contributed by atoms with E-state index in [1.807, 2.05) is 24.4 Å². The van der Waals surface area contributed by atoms with Crippen LogP contribution in [0.15, 0.2) is 35.1 Å². The molecule has 82 valence electrons. The first-order chi connectivity index (χ1) is 7.58. The molecule has 2 rings (SSSR count). The Labute approximate surface area is 120 Å². The van der Waals surface area contributed by atoms with Crippen LogP contribution in [0.4, 0.5) is 0 Å². The second-order valence-corrected chi connectivity index (χ2v) is 5.73. The van der Waals surface area contributed by atoms with Crippen LogP contribution >= 0.6 is 50.7 Å². The molecule has 0 fully saturated rings. The fraction of sp³-hybridized carbons (Fsp3) is 0. The Bertz CT molecular complexity index is 553. The van der Waals surface area contributed by atoms with Crippen molar-refractivity contribution in [2.75, 3.05) is 0 Å². The van der Waals surface area contributed by atoms with Gasteiger partial charge in [0.25, 0.3) is 0 Å². The number of hydrogen-bond donors (Lipinski definition) is 1. The summed E-state index contributed by atoms with van der Waals surface area (Å²) in [7, 11) is 0. The van der Waals surface area contributed by atoms with Crippen LogP contribution in [0.25, 0.3) is 5.69 Å². The molecule has 0 aliphatic rings. The number of thiocarbonyl (C=S) groups is 1. The predicted octanol–water partition coefficient (Wildman–Crippen LogP) is 2.87. The van der Waals surface area contributed by atoms with Crippen molar-refractivity contribution in [1.29, 1.82) is 0 Å². The summed E-state index contributed by atoms with van der Waals surface area (Å²) in [5.74, 6) is 0. The van der Waals surface area contributed by atoms with Gasteiger partial charge in [-0.15, -0.1) is 0 Å². The Morgan fingerprint density at radius 2 is 2.25 bits per heavy atom. The minimum Gasteiger partial charge on any atom is -0.389 e. The van der Waals surface area contributed by atoms with Gasteiger partial charge < -0.3 is 5.73 Å². The van der Waals surface area contributed by atoms with E-state index in [0.717, 1.165) is 19.3 Å². The van der Waals surface area contributed by atoms with E-state index in [-0.39, 0.29) is 0 Å². The minimum absolute atomic E-state index is 0.363. The molecule has 0 radical (unpaired) electrons. The van der Waals surface area contributed by atoms with Gasteiger partial charge in [-0.3, -0.25) is 0 Å². The van der Waals surface area contributed by atoms with E-state index in [9.17, 15) is 0 Å². The summed E-state index contributed by atoms with van der Waals surface area (Å²) in [6, 6.07) is 5.76. The van der Waals surface area contributed by atoms with Gasteiger partial charge in [0.2, 0.25) is 0 Å². The standard InChI is InChI=1S/C10H7BrIN3S/c11-6-1-2-9(8(3-6)10(13)16)15-5-7(12)4-14-15/h1-5H,(H2,13,16). The van der Waals surface area contributed by atoms with Gasteiger partial charge in [-0.1, -0.05) is 28.1 Å². The fourth-order valence-corrected chi connectivity index (χ4v) is 2.25. The molecule has 0 atom stereocenters. The second-order valence-electron chi connectivity index (χ2n) is 3.13. The van der Waals surface area contributed by atoms with E-state index in [1.165, 1.54) is 0 Å². The third-order valence-electron chi connectivity index (χ3n) is 2.02. The lowest BCUT2D eigenvalue weighted by molar-refractivity contribution is 0.878. The van der Waals surface area contributed by atoms with E-state index in [1.54, 1.807) is 10.9 Å². The Morgan fingerprint density at radius 3 is 2.81 bits per heavy atom. The molecule has 16 heavy (non-hydrogen) atoms. The van der Waals surface area contributed by atoms with Crippen molar-refractivity contribution in [3.8, 4) is 5.69 Å². The maximum absolute atomic E-state index is 5.70. The van der Waals surface area contributed by atoms with E-state index in [4.69, 9.17) is 18.0 Å². The van der Waals surface area contributed by atoms with Gasteiger partial charge in [0, 0.05) is 16.2 Å². The molecule has 2 aromatic rings. The molecule has 1 aromatic heterocycles. The number of halogens is 2. The van der Waals surface area contributed by atoms with E-state index < -0.39 is 0 Å². The molecule has 0 spiro atoms. The summed E-state index contributed by atoms with van der Waals surface area (Å²) >= 11 is 10.6. The van der Waals surface area contributed by atoms with Crippen molar-refractivity contribution in [2.45, 2.75) is 0 Å². The summed E-state index contributed by atoms with van der Waals surface area (Å²) in [6.07, 6.45) is 3.71. The molecule has 1 heterocycles. The summed E-state index contributed by atoms with van der Waals surface area (Å²) < 4.78 is 3.78. The maximum atomic E-state index is 5.70. The average molecular weight is 408 g/mol. The molecule has 6 heteroatoms. The van der Waals surface area contributed by atoms with Gasteiger partial charge in [-0.25, -0.2) is 4.68 Å². The maximum Gasteiger partial charge on any atom is 0.106 e. The lowest BCUT2D eigenvalue weighted by Crippen LogP contribution is -2.13. The van der Waals surface area contributed by atoms with Crippen LogP contribution in [0.5, 0.6) is 0 Å². The molecule has 0 bridgehead atoms. The smallest absolute Gasteiger partial charge is 0.106 e. The van der Waals surface area contributed by atoms with Crippen LogP contribution in [0.1, 0.15) is 5.56 Å². The monoisotopic (exact) mass is 407 g/mol. The zero-order valence-corrected chi connectivity index (χ0v) is 12.6. The zero-order chi connectivity index (χ0) is 11.7. The normalized spacial score (nSPS) is 10.4. The number of rotatable bonds is 2. The molecular weight excluding hydrogens is 401 g/mol. The van der Waals surface area contributed by atoms with Crippen molar-refractivity contribution in [3.05, 3.63) is 44.2 Å². The highest BCUT2D eigenvalue weighted by molar-refractivity contribution is 14.1. The van der Waals surface area contributed by atoms with Gasteiger partial charge in [0.1, 0.15) is 4.99 Å². The largest absolute Gasteiger partial charge is 0.389 e. The molecule has 0 saturated carbocycles. The third-order valence-corrected chi connectivity index (χ3v) is 3.29. The highest BCUT2D eigenvalue weighted by Crippen LogP contribution is 2.20. The van der Waals surface area contributed by atoms with Crippen LogP contribution in [-0.2, 0) is 0 Å². The van der Waals surface area contributed by atoms with Gasteiger partial charge in [0.15, 0.2) is 0 Å². The van der Waals surface area contributed by atoms with Crippen molar-refractivity contribution in [1.82, 2.24) is 9.78 Å². The van der Waals surface area contributed by atoms with Gasteiger partial charge in [0.05, 0.1) is 15.5 Å². The lowest BCUT2D eigenvalue weighted by atomic mass is 10.2. The Kier molecular flexibility index (Phi) is 3.60. The summed E-state index contributed by atoms with van der Waals surface area (Å²) in [5, 5.41) is 4.24. The molecule has 2 N–H and O–H groups in total. The molecule has 0 saturated heterocycles. The molecule has 0 aliphatic carbocycles. The van der Waals surface area contributed by atoms with Crippen LogP contribution < -0.4 is 5.73 Å². The van der Waals surface area contributed by atoms with E-state index in [0.29, 0.717) is 4.99 Å². The van der Waals surface area contributed by atoms with E-state index >= 15 is 0 Å². The highest BCUT2D eigenvalue weighted by atomic mass is 127. The van der Waals surface area contributed by atoms with Crippen molar-refractivity contribution < 1.29 is 0 Å². The van der Waals surface area contributed by atoms with E-state index in [2.05, 4.69) is 43.6 Å². The van der Waals surface area contributed by atoms with Gasteiger partial charge >= 0.3 is 0 Å². The number of aromatic nitrogens is 2. The lowest BCUT2D eigenvalue weighted by Gasteiger charge is -2.08. The number of nitrogens with two attached hydrogens (primary N) is 1. The molecular formula is C10H7BrIN3S. The fourth-order valence-electron chi connectivity index (χ4n) is 1.34. The summed E-state index contributed by atoms with van der Waals surface area (Å²) in [4.78, 5) is 0.363. The van der Waals surface area contributed by atoms with Gasteiger partial charge in [-0.05, 0) is 40.8 Å². The number of nitrogens with zero attached hydrogens (tertiary/aromatic N) is 2. The summed E-state index contributed by atoms with van der Waals surface area (Å²) in [6.45, 7) is 0. The Hall–Kier alpha value is -0.470. The number of benzene rings is 1. The topological polar surface area (TPSA) is 43.8 Å². The molecule has 3 nitrogen and oxygen atoms in total. The first-order valence-corrected chi connectivity index (χ1v) is 6.66. The Morgan fingerprint density at radius 1 is 1.50 bits per heavy atom. The zero-order valence-electron chi connectivity index (χ0n) is 8.02. The molecule has 0 unspecified atom stereocenters. The van der Waals surface area contributed by atoms with Crippen LogP contribution in [-0.4, -0.2) is 14.8 Å². The van der Waals surface area contributed by atoms with Gasteiger partial charge in [-0.2, -0.15) is 5.10 Å². The van der Waals surface area contributed by atoms with Crippen LogP contribution in [0, 0.1) is 3.57 Å². The van der Waals surface area contributed by atoms with Crippen molar-refractivity contribution >= 4 is 55.7 Å². The predicted molar refractivity (Wildman–Crippen MR) is 79.9 cm³/mol. The first kappa shape index (κ1) is 12.0. The third kappa shape index (κ3) is 2.44. The van der Waals surface area contributed by atoms with Crippen molar-refractivity contribution in [3.63, 3.8) is 0 Å². The Balaban J connectivity index is 2.60. The average Bonchev–Trinajstić information content (AvgIpc) is 2.64. The first-order valence-electron chi connectivity index (χ1n) is 4.38. The minimum atomic E-state index is 0.363. The molecule has 0 aliphatic heterocycles. The highest BCUT2D eigenvalue weighted by Gasteiger charge is 2.08. The summed E-state index contributed by atoms with van der Waals surface area (Å²) in [5.41, 5.74) is 7.39. The van der Waals surface area contributed by atoms with Crippen LogP contribution in [0.2, 0.25) is 0 Å².